The lowest BCUT2D eigenvalue weighted by atomic mass is 9.75. The predicted molar refractivity (Wildman–Crippen MR) is 144 cm³/mol. The zero-order valence-corrected chi connectivity index (χ0v) is 21.8. The van der Waals surface area contributed by atoms with Gasteiger partial charge in [0.2, 0.25) is 0 Å². The van der Waals surface area contributed by atoms with Crippen LogP contribution in [0.4, 0.5) is 5.82 Å². The number of aliphatic hydroxyl groups excluding tert-OH is 1. The summed E-state index contributed by atoms with van der Waals surface area (Å²) < 4.78 is 14.6. The molecule has 2 aromatic heterocycles. The Bertz CT molecular complexity index is 1330. The molecule has 5 heterocycles. The quantitative estimate of drug-likeness (QED) is 0.415. The van der Waals surface area contributed by atoms with Crippen LogP contribution < -0.4 is 10.5 Å². The molecule has 202 valence electrons. The van der Waals surface area contributed by atoms with Crippen LogP contribution in [0.15, 0.2) is 36.8 Å². The lowest BCUT2D eigenvalue weighted by Crippen LogP contribution is -2.53. The Balaban J connectivity index is 1.13. The number of hydrogen-bond donors (Lipinski definition) is 3. The molecule has 4 aliphatic rings. The fourth-order valence-electron chi connectivity index (χ4n) is 7.29. The smallest absolute Gasteiger partial charge is 0.146 e. The van der Waals surface area contributed by atoms with Gasteiger partial charge in [0.1, 0.15) is 35.7 Å². The monoisotopic (exact) mass is 519 g/mol. The van der Waals surface area contributed by atoms with Crippen molar-refractivity contribution in [1.29, 1.82) is 0 Å². The van der Waals surface area contributed by atoms with E-state index in [1.54, 1.807) is 0 Å². The van der Waals surface area contributed by atoms with Crippen molar-refractivity contribution in [2.24, 2.45) is 0 Å². The normalized spacial score (nSPS) is 32.7. The second kappa shape index (κ2) is 9.19. The largest absolute Gasteiger partial charge is 0.491 e. The van der Waals surface area contributed by atoms with Crippen molar-refractivity contribution in [1.82, 2.24) is 19.4 Å². The van der Waals surface area contributed by atoms with E-state index in [0.29, 0.717) is 37.9 Å². The molecule has 0 radical (unpaired) electrons. The summed E-state index contributed by atoms with van der Waals surface area (Å²) in [6, 6.07) is 8.40. The zero-order chi connectivity index (χ0) is 25.9. The van der Waals surface area contributed by atoms with Gasteiger partial charge in [-0.3, -0.25) is 4.90 Å². The van der Waals surface area contributed by atoms with Crippen molar-refractivity contribution in [2.75, 3.05) is 32.0 Å². The first-order valence-corrected chi connectivity index (χ1v) is 14.0. The summed E-state index contributed by atoms with van der Waals surface area (Å²) in [6.45, 7) is 2.27. The Kier molecular flexibility index (Phi) is 5.88. The number of nitrogens with zero attached hydrogens (tertiary/aromatic N) is 4. The van der Waals surface area contributed by atoms with Crippen LogP contribution in [0, 0.1) is 0 Å². The summed E-state index contributed by atoms with van der Waals surface area (Å²) in [7, 11) is 0. The minimum Gasteiger partial charge on any atom is -0.491 e. The van der Waals surface area contributed by atoms with Crippen molar-refractivity contribution in [3.05, 3.63) is 36.8 Å². The third kappa shape index (κ3) is 4.16. The number of ether oxygens (including phenoxy) is 2. The minimum absolute atomic E-state index is 0.120. The fraction of sp³-hybridized carbons (Fsp3) is 0.586. The van der Waals surface area contributed by atoms with Crippen LogP contribution in [0.5, 0.6) is 5.75 Å². The highest BCUT2D eigenvalue weighted by atomic mass is 16.6. The lowest BCUT2D eigenvalue weighted by molar-refractivity contribution is -0.0909. The molecule has 4 N–H and O–H groups in total. The molecule has 3 saturated heterocycles. The van der Waals surface area contributed by atoms with Gasteiger partial charge in [-0.25, -0.2) is 9.97 Å². The summed E-state index contributed by atoms with van der Waals surface area (Å²) in [5, 5.41) is 21.8. The fourth-order valence-corrected chi connectivity index (χ4v) is 7.29. The minimum atomic E-state index is -0.757. The number of aliphatic hydroxyl groups is 2. The summed E-state index contributed by atoms with van der Waals surface area (Å²) in [5.41, 5.74) is 8.26. The highest BCUT2D eigenvalue weighted by Crippen LogP contribution is 2.47. The number of anilines is 1. The molecule has 1 unspecified atom stereocenters. The van der Waals surface area contributed by atoms with Gasteiger partial charge in [0.15, 0.2) is 0 Å². The standard InChI is InChI=1S/C29H37N5O4/c30-26-25-24(19-3-1-5-23(11-19)37-17-29-8-6-22(38-29)7-9-29)14-34(27(25)32-18-31-26)21-12-28(36,13-21)16-33-10-2-4-20(33)15-35/h1,3,5,11,14,18,20-22,35-36H,2,4,6-10,12-13,15-17H2,(H2,30,31,32). The summed E-state index contributed by atoms with van der Waals surface area (Å²) in [5.74, 6) is 1.26. The molecule has 0 spiro atoms. The molecule has 9 heteroatoms. The second-order valence-corrected chi connectivity index (χ2v) is 12.0. The molecule has 3 aliphatic heterocycles. The Morgan fingerprint density at radius 2 is 2.00 bits per heavy atom. The Morgan fingerprint density at radius 1 is 1.16 bits per heavy atom. The van der Waals surface area contributed by atoms with E-state index in [1.165, 1.54) is 6.33 Å². The van der Waals surface area contributed by atoms with Crippen molar-refractivity contribution < 1.29 is 19.7 Å². The maximum absolute atomic E-state index is 11.3. The maximum atomic E-state index is 11.3. The van der Waals surface area contributed by atoms with Crippen molar-refractivity contribution in [2.45, 2.75) is 80.8 Å². The Labute approximate surface area is 222 Å². The van der Waals surface area contributed by atoms with Crippen molar-refractivity contribution in [3.63, 3.8) is 0 Å². The van der Waals surface area contributed by atoms with Gasteiger partial charge in [0.05, 0.1) is 23.7 Å². The molecule has 1 saturated carbocycles. The van der Waals surface area contributed by atoms with Gasteiger partial charge in [-0.1, -0.05) is 12.1 Å². The number of β-amino-alcohol motifs (C(OH)–C–C–N with tert-alkyl or cyclic N) is 1. The van der Waals surface area contributed by atoms with E-state index in [9.17, 15) is 10.2 Å². The molecular weight excluding hydrogens is 482 g/mol. The highest BCUT2D eigenvalue weighted by molar-refractivity contribution is 6.00. The van der Waals surface area contributed by atoms with E-state index in [4.69, 9.17) is 15.2 Å². The van der Waals surface area contributed by atoms with Gasteiger partial charge < -0.3 is 30.0 Å². The lowest BCUT2D eigenvalue weighted by Gasteiger charge is -2.47. The topological polar surface area (TPSA) is 119 Å². The molecule has 3 aromatic rings. The van der Waals surface area contributed by atoms with E-state index < -0.39 is 5.60 Å². The average molecular weight is 520 g/mol. The molecule has 4 fully saturated rings. The van der Waals surface area contributed by atoms with Gasteiger partial charge >= 0.3 is 0 Å². The van der Waals surface area contributed by atoms with Gasteiger partial charge in [0, 0.05) is 30.4 Å². The van der Waals surface area contributed by atoms with E-state index in [2.05, 4.69) is 37.8 Å². The van der Waals surface area contributed by atoms with Crippen LogP contribution >= 0.6 is 0 Å². The third-order valence-electron chi connectivity index (χ3n) is 9.38. The first-order valence-electron chi connectivity index (χ1n) is 14.0. The van der Waals surface area contributed by atoms with Crippen LogP contribution in [0.1, 0.15) is 57.4 Å². The van der Waals surface area contributed by atoms with Crippen LogP contribution in [0.25, 0.3) is 22.2 Å². The van der Waals surface area contributed by atoms with Crippen molar-refractivity contribution in [3.8, 4) is 16.9 Å². The van der Waals surface area contributed by atoms with Gasteiger partial charge in [-0.2, -0.15) is 0 Å². The van der Waals surface area contributed by atoms with Gasteiger partial charge in [-0.15, -0.1) is 0 Å². The number of hydrogen-bond acceptors (Lipinski definition) is 8. The van der Waals surface area contributed by atoms with E-state index in [1.807, 2.05) is 12.1 Å². The molecule has 7 rings (SSSR count). The average Bonchev–Trinajstić information content (AvgIpc) is 3.70. The molecule has 1 atom stereocenters. The molecule has 38 heavy (non-hydrogen) atoms. The van der Waals surface area contributed by atoms with E-state index in [-0.39, 0.29) is 24.3 Å². The number of nitrogen functional groups attached to an aromatic ring is 1. The molecular formula is C29H37N5O4. The summed E-state index contributed by atoms with van der Waals surface area (Å²) in [6.07, 6.45) is 11.8. The summed E-state index contributed by atoms with van der Waals surface area (Å²) in [4.78, 5) is 11.1. The van der Waals surface area contributed by atoms with Crippen LogP contribution in [0.3, 0.4) is 0 Å². The Morgan fingerprint density at radius 3 is 2.76 bits per heavy atom. The molecule has 2 bridgehead atoms. The Hall–Kier alpha value is -2.72. The third-order valence-corrected chi connectivity index (χ3v) is 9.38. The molecule has 1 aliphatic carbocycles. The maximum Gasteiger partial charge on any atom is 0.146 e. The first-order chi connectivity index (χ1) is 18.4. The van der Waals surface area contributed by atoms with Crippen LogP contribution in [0.2, 0.25) is 0 Å². The van der Waals surface area contributed by atoms with Crippen LogP contribution in [-0.2, 0) is 4.74 Å². The number of benzene rings is 1. The second-order valence-electron chi connectivity index (χ2n) is 12.0. The highest BCUT2D eigenvalue weighted by Gasteiger charge is 2.47. The SMILES string of the molecule is Nc1ncnc2c1c(-c1cccc(OCC34CCC(CC3)O4)c1)cn2C1CC(O)(CN2CCCC2CO)C1. The van der Waals surface area contributed by atoms with E-state index >= 15 is 0 Å². The zero-order valence-electron chi connectivity index (χ0n) is 21.8. The number of likely N-dealkylation sites (tertiary alicyclic amines) is 1. The summed E-state index contributed by atoms with van der Waals surface area (Å²) >= 11 is 0. The molecule has 9 nitrogen and oxygen atoms in total. The number of aromatic nitrogens is 3. The first kappa shape index (κ1) is 24.3. The molecule has 1 aromatic carbocycles. The number of rotatable bonds is 8. The van der Waals surface area contributed by atoms with Gasteiger partial charge in [-0.05, 0) is 75.6 Å². The predicted octanol–water partition coefficient (Wildman–Crippen LogP) is 3.29. The molecule has 0 amide bonds. The number of nitrogens with two attached hydrogens (primary N) is 1. The van der Waals surface area contributed by atoms with E-state index in [0.717, 1.165) is 73.0 Å². The van der Waals surface area contributed by atoms with Gasteiger partial charge in [0.25, 0.3) is 0 Å². The van der Waals surface area contributed by atoms with Crippen LogP contribution in [-0.4, -0.2) is 79.3 Å². The van der Waals surface area contributed by atoms with Crippen molar-refractivity contribution >= 4 is 16.9 Å². The number of fused-ring (bicyclic) bond motifs is 3.